The summed E-state index contributed by atoms with van der Waals surface area (Å²) in [7, 11) is 0. The maximum atomic E-state index is 12.9. The Labute approximate surface area is 107 Å². The minimum absolute atomic E-state index is 0.346. The molecule has 0 saturated heterocycles. The molecular weight excluding hydrogens is 227 g/mol. The van der Waals surface area contributed by atoms with Gasteiger partial charge in [-0.3, -0.25) is 4.98 Å². The fraction of sp³-hybridized carbons (Fsp3) is 0.267. The highest BCUT2D eigenvalue weighted by atomic mass is 19.1. The lowest BCUT2D eigenvalue weighted by molar-refractivity contribution is 0.499. The minimum Gasteiger partial charge on any atom is -0.316 e. The molecule has 2 aromatic rings. The Morgan fingerprint density at radius 3 is 2.33 bits per heavy atom. The number of nitrogens with two attached hydrogens (primary N) is 1. The molecule has 0 amide bonds. The summed E-state index contributed by atoms with van der Waals surface area (Å²) in [6, 6.07) is 11.1. The van der Waals surface area contributed by atoms with Gasteiger partial charge in [0.2, 0.25) is 0 Å². The van der Waals surface area contributed by atoms with Crippen LogP contribution in [0.2, 0.25) is 0 Å². The van der Waals surface area contributed by atoms with Gasteiger partial charge in [0, 0.05) is 0 Å². The summed E-state index contributed by atoms with van der Waals surface area (Å²) in [5.41, 5.74) is 8.66. The second-order valence-electron chi connectivity index (χ2n) is 4.55. The van der Waals surface area contributed by atoms with E-state index in [-0.39, 0.29) is 5.82 Å². The molecule has 0 aliphatic carbocycles. The Bertz CT molecular complexity index is 472. The van der Waals surface area contributed by atoms with E-state index in [1.165, 1.54) is 17.8 Å². The van der Waals surface area contributed by atoms with Gasteiger partial charge in [0.15, 0.2) is 0 Å². The fourth-order valence-corrected chi connectivity index (χ4v) is 2.02. The smallest absolute Gasteiger partial charge is 0.141 e. The van der Waals surface area contributed by atoms with Gasteiger partial charge in [0.25, 0.3) is 0 Å². The molecule has 1 aromatic heterocycles. The van der Waals surface area contributed by atoms with E-state index < -0.39 is 5.54 Å². The second kappa shape index (κ2) is 4.86. The number of hydrogen-bond acceptors (Lipinski definition) is 2. The monoisotopic (exact) mass is 244 g/mol. The van der Waals surface area contributed by atoms with Crippen molar-refractivity contribution in [1.82, 2.24) is 4.98 Å². The number of benzene rings is 1. The van der Waals surface area contributed by atoms with Crippen LogP contribution in [0.15, 0.2) is 42.6 Å². The van der Waals surface area contributed by atoms with Gasteiger partial charge in [-0.2, -0.15) is 0 Å². The first-order valence-electron chi connectivity index (χ1n) is 6.04. The van der Waals surface area contributed by atoms with Gasteiger partial charge in [0.05, 0.1) is 17.4 Å². The Morgan fingerprint density at radius 1 is 1.17 bits per heavy atom. The molecule has 0 saturated carbocycles. The van der Waals surface area contributed by atoms with Crippen LogP contribution in [0.4, 0.5) is 4.39 Å². The van der Waals surface area contributed by atoms with Crippen LogP contribution in [-0.4, -0.2) is 4.98 Å². The first-order chi connectivity index (χ1) is 8.56. The van der Waals surface area contributed by atoms with Crippen LogP contribution in [0.5, 0.6) is 0 Å². The first kappa shape index (κ1) is 12.7. The van der Waals surface area contributed by atoms with Crippen molar-refractivity contribution in [2.75, 3.05) is 0 Å². The zero-order chi connectivity index (χ0) is 13.2. The summed E-state index contributed by atoms with van der Waals surface area (Å²) < 4.78 is 12.9. The Kier molecular flexibility index (Phi) is 3.43. The third-order valence-electron chi connectivity index (χ3n) is 3.31. The van der Waals surface area contributed by atoms with Gasteiger partial charge >= 0.3 is 0 Å². The van der Waals surface area contributed by atoms with Crippen LogP contribution >= 0.6 is 0 Å². The number of pyridine rings is 1. The van der Waals surface area contributed by atoms with Gasteiger partial charge in [-0.15, -0.1) is 0 Å². The predicted octanol–water partition coefficient (Wildman–Crippen LogP) is 3.14. The van der Waals surface area contributed by atoms with E-state index in [4.69, 9.17) is 5.73 Å². The summed E-state index contributed by atoms with van der Waals surface area (Å²) in [5.74, 6) is -0.346. The molecule has 0 radical (unpaired) electrons. The molecule has 0 bridgehead atoms. The van der Waals surface area contributed by atoms with Crippen molar-refractivity contribution in [3.05, 3.63) is 65.2 Å². The summed E-state index contributed by atoms with van der Waals surface area (Å²) in [5, 5.41) is 0. The maximum Gasteiger partial charge on any atom is 0.141 e. The molecule has 2 nitrogen and oxygen atoms in total. The molecule has 0 fully saturated rings. The van der Waals surface area contributed by atoms with E-state index in [9.17, 15) is 4.39 Å². The molecule has 2 rings (SSSR count). The molecule has 0 spiro atoms. The molecule has 1 unspecified atom stereocenters. The molecule has 3 heteroatoms. The molecule has 1 aromatic carbocycles. The van der Waals surface area contributed by atoms with Crippen molar-refractivity contribution in [2.45, 2.75) is 25.8 Å². The summed E-state index contributed by atoms with van der Waals surface area (Å²) in [6.45, 7) is 4.04. The molecule has 1 atom stereocenters. The van der Waals surface area contributed by atoms with Gasteiger partial charge in [-0.1, -0.05) is 36.8 Å². The normalized spacial score (nSPS) is 14.2. The van der Waals surface area contributed by atoms with E-state index in [1.54, 1.807) is 6.07 Å². The zero-order valence-corrected chi connectivity index (χ0v) is 10.7. The lowest BCUT2D eigenvalue weighted by Gasteiger charge is -2.28. The topological polar surface area (TPSA) is 38.9 Å². The number of halogens is 1. The molecule has 1 heterocycles. The van der Waals surface area contributed by atoms with Crippen molar-refractivity contribution in [1.29, 1.82) is 0 Å². The van der Waals surface area contributed by atoms with Crippen LogP contribution < -0.4 is 5.73 Å². The van der Waals surface area contributed by atoms with Crippen LogP contribution in [0.25, 0.3) is 0 Å². The van der Waals surface area contributed by atoms with Crippen molar-refractivity contribution < 1.29 is 4.39 Å². The van der Waals surface area contributed by atoms with Gasteiger partial charge in [0.1, 0.15) is 5.82 Å². The third-order valence-corrected chi connectivity index (χ3v) is 3.31. The van der Waals surface area contributed by atoms with Crippen molar-refractivity contribution >= 4 is 0 Å². The highest BCUT2D eigenvalue weighted by molar-refractivity contribution is 5.35. The van der Waals surface area contributed by atoms with Crippen molar-refractivity contribution in [3.8, 4) is 0 Å². The third kappa shape index (κ3) is 2.27. The predicted molar refractivity (Wildman–Crippen MR) is 70.6 cm³/mol. The largest absolute Gasteiger partial charge is 0.316 e. The molecule has 2 N–H and O–H groups in total. The van der Waals surface area contributed by atoms with Crippen LogP contribution in [0.3, 0.4) is 0 Å². The maximum absolute atomic E-state index is 12.9. The number of hydrogen-bond donors (Lipinski definition) is 1. The quantitative estimate of drug-likeness (QED) is 0.900. The molecule has 94 valence electrons. The number of aryl methyl sites for hydroxylation is 1. The van der Waals surface area contributed by atoms with Crippen molar-refractivity contribution in [2.24, 2.45) is 5.73 Å². The second-order valence-corrected chi connectivity index (χ2v) is 4.55. The molecule has 0 aliphatic heterocycles. The summed E-state index contributed by atoms with van der Waals surface area (Å²) in [6.07, 6.45) is 1.91. The number of aromatic nitrogens is 1. The average molecular weight is 244 g/mol. The molecule has 0 aliphatic rings. The van der Waals surface area contributed by atoms with E-state index in [0.29, 0.717) is 12.1 Å². The fourth-order valence-electron chi connectivity index (χ4n) is 2.02. The van der Waals surface area contributed by atoms with Gasteiger partial charge in [-0.05, 0) is 31.0 Å². The number of nitrogens with zero attached hydrogens (tertiary/aromatic N) is 1. The SMILES string of the molecule is CCC(N)(c1ccc(C)cc1)c1ccc(F)cn1. The lowest BCUT2D eigenvalue weighted by atomic mass is 9.84. The lowest BCUT2D eigenvalue weighted by Crippen LogP contribution is -2.38. The standard InChI is InChI=1S/C15H17FN2/c1-3-15(17,12-6-4-11(2)5-7-12)14-9-8-13(16)10-18-14/h4-10H,3,17H2,1-2H3. The Morgan fingerprint density at radius 2 is 1.83 bits per heavy atom. The summed E-state index contributed by atoms with van der Waals surface area (Å²) in [4.78, 5) is 4.12. The van der Waals surface area contributed by atoms with Crippen LogP contribution in [0, 0.1) is 12.7 Å². The van der Waals surface area contributed by atoms with E-state index in [0.717, 1.165) is 5.56 Å². The zero-order valence-electron chi connectivity index (χ0n) is 10.7. The highest BCUT2D eigenvalue weighted by Gasteiger charge is 2.28. The Hall–Kier alpha value is -1.74. The minimum atomic E-state index is -0.665. The molecule has 18 heavy (non-hydrogen) atoms. The van der Waals surface area contributed by atoms with Gasteiger partial charge in [-0.25, -0.2) is 4.39 Å². The van der Waals surface area contributed by atoms with Gasteiger partial charge < -0.3 is 5.73 Å². The van der Waals surface area contributed by atoms with E-state index in [2.05, 4.69) is 4.98 Å². The van der Waals surface area contributed by atoms with Crippen LogP contribution in [0.1, 0.15) is 30.2 Å². The van der Waals surface area contributed by atoms with Crippen molar-refractivity contribution in [3.63, 3.8) is 0 Å². The average Bonchev–Trinajstić information content (AvgIpc) is 2.39. The highest BCUT2D eigenvalue weighted by Crippen LogP contribution is 2.29. The number of rotatable bonds is 3. The van der Waals surface area contributed by atoms with Crippen LogP contribution in [-0.2, 0) is 5.54 Å². The first-order valence-corrected chi connectivity index (χ1v) is 6.04. The summed E-state index contributed by atoms with van der Waals surface area (Å²) >= 11 is 0. The van der Waals surface area contributed by atoms with E-state index in [1.807, 2.05) is 38.1 Å². The van der Waals surface area contributed by atoms with E-state index >= 15 is 0 Å². The Balaban J connectivity index is 2.47. The molecular formula is C15H17FN2.